The summed E-state index contributed by atoms with van der Waals surface area (Å²) in [7, 11) is 0. The maximum absolute atomic E-state index is 11.9. The van der Waals surface area contributed by atoms with E-state index in [9.17, 15) is 14.9 Å². The van der Waals surface area contributed by atoms with E-state index < -0.39 is 4.92 Å². The summed E-state index contributed by atoms with van der Waals surface area (Å²) < 4.78 is 0. The standard InChI is InChI=1S/C14H12ClN3O3/c15-12-2-1-11(9-13(12)18(20)21)14(19)17-8-5-10-3-6-16-7-4-10/h1-4,6-7,9H,5,8H2,(H,17,19). The van der Waals surface area contributed by atoms with Crippen LogP contribution in [0.1, 0.15) is 15.9 Å². The SMILES string of the molecule is O=C(NCCc1ccncc1)c1ccc(Cl)c([N+](=O)[O-])c1. The van der Waals surface area contributed by atoms with Gasteiger partial charge in [-0.2, -0.15) is 0 Å². The van der Waals surface area contributed by atoms with Gasteiger partial charge in [-0.25, -0.2) is 0 Å². The Morgan fingerprint density at radius 1 is 1.29 bits per heavy atom. The highest BCUT2D eigenvalue weighted by molar-refractivity contribution is 6.32. The molecule has 0 atom stereocenters. The van der Waals surface area contributed by atoms with E-state index in [1.165, 1.54) is 18.2 Å². The third-order valence-electron chi connectivity index (χ3n) is 2.85. The molecule has 0 unspecified atom stereocenters. The third-order valence-corrected chi connectivity index (χ3v) is 3.17. The number of carbonyl (C=O) groups is 1. The van der Waals surface area contributed by atoms with Crippen molar-refractivity contribution in [3.05, 3.63) is 69.0 Å². The Morgan fingerprint density at radius 2 is 2.00 bits per heavy atom. The molecule has 108 valence electrons. The van der Waals surface area contributed by atoms with Gasteiger partial charge in [0.05, 0.1) is 4.92 Å². The lowest BCUT2D eigenvalue weighted by molar-refractivity contribution is -0.384. The second-order valence-electron chi connectivity index (χ2n) is 4.28. The lowest BCUT2D eigenvalue weighted by Gasteiger charge is -2.05. The van der Waals surface area contributed by atoms with E-state index in [0.717, 1.165) is 5.56 Å². The number of hydrogen-bond acceptors (Lipinski definition) is 4. The first-order valence-electron chi connectivity index (χ1n) is 6.19. The average Bonchev–Trinajstić information content (AvgIpc) is 2.48. The number of nitrogens with zero attached hydrogens (tertiary/aromatic N) is 2. The van der Waals surface area contributed by atoms with Crippen molar-refractivity contribution in [3.8, 4) is 0 Å². The van der Waals surface area contributed by atoms with Crippen LogP contribution in [-0.2, 0) is 6.42 Å². The second-order valence-corrected chi connectivity index (χ2v) is 4.69. The monoisotopic (exact) mass is 305 g/mol. The van der Waals surface area contributed by atoms with E-state index in [2.05, 4.69) is 10.3 Å². The summed E-state index contributed by atoms with van der Waals surface area (Å²) in [6.45, 7) is 0.430. The lowest BCUT2D eigenvalue weighted by atomic mass is 10.1. The molecular formula is C14H12ClN3O3. The number of amides is 1. The van der Waals surface area contributed by atoms with Crippen LogP contribution in [0.4, 0.5) is 5.69 Å². The topological polar surface area (TPSA) is 85.1 Å². The number of nitro groups is 1. The number of benzene rings is 1. The summed E-state index contributed by atoms with van der Waals surface area (Å²) in [6.07, 6.45) is 4.02. The normalized spacial score (nSPS) is 10.1. The molecule has 1 heterocycles. The number of carbonyl (C=O) groups excluding carboxylic acids is 1. The molecule has 21 heavy (non-hydrogen) atoms. The summed E-state index contributed by atoms with van der Waals surface area (Å²) in [6, 6.07) is 7.69. The van der Waals surface area contributed by atoms with Gasteiger partial charge in [-0.3, -0.25) is 19.9 Å². The molecule has 0 radical (unpaired) electrons. The van der Waals surface area contributed by atoms with Gasteiger partial charge < -0.3 is 5.32 Å². The minimum atomic E-state index is -0.615. The molecule has 0 spiro atoms. The fraction of sp³-hybridized carbons (Fsp3) is 0.143. The molecular weight excluding hydrogens is 294 g/mol. The van der Waals surface area contributed by atoms with Crippen molar-refractivity contribution >= 4 is 23.2 Å². The van der Waals surface area contributed by atoms with E-state index in [4.69, 9.17) is 11.6 Å². The Morgan fingerprint density at radius 3 is 2.67 bits per heavy atom. The van der Waals surface area contributed by atoms with Crippen LogP contribution in [0, 0.1) is 10.1 Å². The molecule has 7 heteroatoms. The smallest absolute Gasteiger partial charge is 0.288 e. The second kappa shape index (κ2) is 6.81. The summed E-state index contributed by atoms with van der Waals surface area (Å²) in [5.41, 5.74) is 0.978. The van der Waals surface area contributed by atoms with Crippen molar-refractivity contribution in [2.24, 2.45) is 0 Å². The first-order chi connectivity index (χ1) is 10.1. The highest BCUT2D eigenvalue weighted by atomic mass is 35.5. The average molecular weight is 306 g/mol. The summed E-state index contributed by atoms with van der Waals surface area (Å²) in [5, 5.41) is 13.5. The molecule has 0 aliphatic carbocycles. The zero-order valence-corrected chi connectivity index (χ0v) is 11.7. The first-order valence-corrected chi connectivity index (χ1v) is 6.57. The van der Waals surface area contributed by atoms with E-state index in [-0.39, 0.29) is 22.2 Å². The molecule has 2 aromatic rings. The number of nitro benzene ring substituents is 1. The molecule has 1 amide bonds. The molecule has 0 aliphatic rings. The van der Waals surface area contributed by atoms with Crippen molar-refractivity contribution in [2.75, 3.05) is 6.54 Å². The largest absolute Gasteiger partial charge is 0.352 e. The van der Waals surface area contributed by atoms with Gasteiger partial charge in [0, 0.05) is 30.6 Å². The van der Waals surface area contributed by atoms with E-state index in [1.54, 1.807) is 12.4 Å². The number of nitrogens with one attached hydrogen (secondary N) is 1. The predicted molar refractivity (Wildman–Crippen MR) is 78.4 cm³/mol. The molecule has 0 fully saturated rings. The molecule has 1 aromatic carbocycles. The van der Waals surface area contributed by atoms with Crippen LogP contribution in [0.15, 0.2) is 42.7 Å². The Bertz CT molecular complexity index is 662. The molecule has 1 aromatic heterocycles. The maximum Gasteiger partial charge on any atom is 0.288 e. The van der Waals surface area contributed by atoms with Gasteiger partial charge in [-0.1, -0.05) is 11.6 Å². The zero-order valence-electron chi connectivity index (χ0n) is 11.0. The molecule has 0 bridgehead atoms. The zero-order chi connectivity index (χ0) is 15.2. The maximum atomic E-state index is 11.9. The van der Waals surface area contributed by atoms with Crippen LogP contribution in [0.2, 0.25) is 5.02 Å². The van der Waals surface area contributed by atoms with Gasteiger partial charge in [0.2, 0.25) is 0 Å². The van der Waals surface area contributed by atoms with Gasteiger partial charge >= 0.3 is 0 Å². The van der Waals surface area contributed by atoms with E-state index >= 15 is 0 Å². The Kier molecular flexibility index (Phi) is 4.84. The van der Waals surface area contributed by atoms with Crippen molar-refractivity contribution in [1.82, 2.24) is 10.3 Å². The Labute approximate surface area is 125 Å². The molecule has 2 rings (SSSR count). The molecule has 0 aliphatic heterocycles. The van der Waals surface area contributed by atoms with Gasteiger partial charge in [-0.15, -0.1) is 0 Å². The third kappa shape index (κ3) is 4.00. The van der Waals surface area contributed by atoms with Crippen LogP contribution < -0.4 is 5.32 Å². The minimum Gasteiger partial charge on any atom is -0.352 e. The minimum absolute atomic E-state index is 0.00772. The summed E-state index contributed by atoms with van der Waals surface area (Å²) >= 11 is 5.70. The number of aromatic nitrogens is 1. The summed E-state index contributed by atoms with van der Waals surface area (Å²) in [4.78, 5) is 26.0. The van der Waals surface area contributed by atoms with Crippen molar-refractivity contribution in [2.45, 2.75) is 6.42 Å². The highest BCUT2D eigenvalue weighted by Gasteiger charge is 2.15. The van der Waals surface area contributed by atoms with Crippen LogP contribution in [0.25, 0.3) is 0 Å². The van der Waals surface area contributed by atoms with Crippen LogP contribution >= 0.6 is 11.6 Å². The Balaban J connectivity index is 1.97. The molecule has 1 N–H and O–H groups in total. The quantitative estimate of drug-likeness (QED) is 0.679. The van der Waals surface area contributed by atoms with Crippen LogP contribution in [-0.4, -0.2) is 22.4 Å². The molecule has 0 saturated carbocycles. The molecule has 0 saturated heterocycles. The summed E-state index contributed by atoms with van der Waals surface area (Å²) in [5.74, 6) is -0.371. The van der Waals surface area contributed by atoms with Crippen molar-refractivity contribution in [3.63, 3.8) is 0 Å². The predicted octanol–water partition coefficient (Wildman–Crippen LogP) is 2.62. The van der Waals surface area contributed by atoms with Gasteiger partial charge in [-0.05, 0) is 36.2 Å². The number of halogens is 1. The van der Waals surface area contributed by atoms with Gasteiger partial charge in [0.1, 0.15) is 5.02 Å². The van der Waals surface area contributed by atoms with Crippen molar-refractivity contribution < 1.29 is 9.72 Å². The first kappa shape index (κ1) is 14.9. The van der Waals surface area contributed by atoms with E-state index in [1.807, 2.05) is 12.1 Å². The number of rotatable bonds is 5. The van der Waals surface area contributed by atoms with Gasteiger partial charge in [0.25, 0.3) is 11.6 Å². The Hall–Kier alpha value is -2.47. The highest BCUT2D eigenvalue weighted by Crippen LogP contribution is 2.24. The van der Waals surface area contributed by atoms with Crippen LogP contribution in [0.5, 0.6) is 0 Å². The molecule has 6 nitrogen and oxygen atoms in total. The number of hydrogen-bond donors (Lipinski definition) is 1. The van der Waals surface area contributed by atoms with Crippen LogP contribution in [0.3, 0.4) is 0 Å². The lowest BCUT2D eigenvalue weighted by Crippen LogP contribution is -2.25. The fourth-order valence-electron chi connectivity index (χ4n) is 1.77. The number of pyridine rings is 1. The van der Waals surface area contributed by atoms with Gasteiger partial charge in [0.15, 0.2) is 0 Å². The fourth-order valence-corrected chi connectivity index (χ4v) is 1.95. The van der Waals surface area contributed by atoms with E-state index in [0.29, 0.717) is 13.0 Å². The van der Waals surface area contributed by atoms with Crippen molar-refractivity contribution in [1.29, 1.82) is 0 Å².